The summed E-state index contributed by atoms with van der Waals surface area (Å²) in [5.74, 6) is 0.532. The van der Waals surface area contributed by atoms with Crippen molar-refractivity contribution in [3.63, 3.8) is 0 Å². The topological polar surface area (TPSA) is 21.3 Å². The van der Waals surface area contributed by atoms with Crippen LogP contribution in [-0.4, -0.2) is 12.1 Å². The molecule has 2 unspecified atom stereocenters. The molecule has 0 aromatic heterocycles. The first-order chi connectivity index (χ1) is 9.93. The van der Waals surface area contributed by atoms with E-state index in [-0.39, 0.29) is 17.5 Å². The molecule has 3 rings (SSSR count). The summed E-state index contributed by atoms with van der Waals surface area (Å²) in [5, 5.41) is 3.62. The lowest BCUT2D eigenvalue weighted by atomic mass is 9.82. The van der Waals surface area contributed by atoms with Gasteiger partial charge in [0.2, 0.25) is 0 Å². The van der Waals surface area contributed by atoms with Crippen molar-refractivity contribution in [2.24, 2.45) is 5.41 Å². The molecule has 0 saturated heterocycles. The molecule has 1 aromatic rings. The first-order valence-corrected chi connectivity index (χ1v) is 8.15. The minimum absolute atomic E-state index is 0.115. The molecule has 1 N–H and O–H groups in total. The van der Waals surface area contributed by atoms with E-state index in [9.17, 15) is 4.39 Å². The predicted octanol–water partition coefficient (Wildman–Crippen LogP) is 4.60. The maximum atomic E-state index is 13.6. The van der Waals surface area contributed by atoms with E-state index in [0.29, 0.717) is 5.41 Å². The molecule has 1 heterocycles. The Balaban J connectivity index is 1.92. The summed E-state index contributed by atoms with van der Waals surface area (Å²) >= 11 is 0. The number of nitrogens with one attached hydrogen (secondary N) is 1. The van der Waals surface area contributed by atoms with Crippen LogP contribution in [0.5, 0.6) is 5.75 Å². The normalized spacial score (nSPS) is 30.2. The molecular weight excluding hydrogens is 265 g/mol. The van der Waals surface area contributed by atoms with Crippen LogP contribution < -0.4 is 10.1 Å². The Morgan fingerprint density at radius 1 is 1.33 bits per heavy atom. The molecule has 1 aliphatic heterocycles. The summed E-state index contributed by atoms with van der Waals surface area (Å²) in [6.45, 7) is 7.77. The van der Waals surface area contributed by atoms with Gasteiger partial charge in [-0.25, -0.2) is 4.39 Å². The average Bonchev–Trinajstić information content (AvgIpc) is 2.70. The first-order valence-electron chi connectivity index (χ1n) is 8.15. The van der Waals surface area contributed by atoms with Gasteiger partial charge in [-0.15, -0.1) is 0 Å². The summed E-state index contributed by atoms with van der Waals surface area (Å²) in [6.07, 6.45) is 5.40. The van der Waals surface area contributed by atoms with Gasteiger partial charge in [-0.2, -0.15) is 0 Å². The number of fused-ring (bicyclic) bond motifs is 1. The monoisotopic (exact) mass is 291 g/mol. The summed E-state index contributed by atoms with van der Waals surface area (Å²) in [7, 11) is 0. The first kappa shape index (κ1) is 14.8. The van der Waals surface area contributed by atoms with E-state index in [4.69, 9.17) is 4.74 Å². The fraction of sp³-hybridized carbons (Fsp3) is 0.667. The molecule has 2 nitrogen and oxygen atoms in total. The largest absolute Gasteiger partial charge is 0.487 e. The van der Waals surface area contributed by atoms with E-state index in [2.05, 4.69) is 26.1 Å². The molecule has 21 heavy (non-hydrogen) atoms. The Morgan fingerprint density at radius 2 is 2.14 bits per heavy atom. The molecular formula is C18H26FNO. The van der Waals surface area contributed by atoms with Gasteiger partial charge in [-0.05, 0) is 43.7 Å². The van der Waals surface area contributed by atoms with Crippen LogP contribution in [0.25, 0.3) is 0 Å². The van der Waals surface area contributed by atoms with Crippen LogP contribution in [0.3, 0.4) is 0 Å². The van der Waals surface area contributed by atoms with E-state index in [0.717, 1.165) is 43.5 Å². The van der Waals surface area contributed by atoms with Gasteiger partial charge in [0.15, 0.2) is 0 Å². The highest BCUT2D eigenvalue weighted by atomic mass is 19.1. The Hall–Kier alpha value is -1.09. The zero-order valence-electron chi connectivity index (χ0n) is 13.3. The van der Waals surface area contributed by atoms with Crippen LogP contribution >= 0.6 is 0 Å². The third kappa shape index (κ3) is 2.94. The third-order valence-corrected chi connectivity index (χ3v) is 4.95. The van der Waals surface area contributed by atoms with Gasteiger partial charge in [-0.3, -0.25) is 0 Å². The van der Waals surface area contributed by atoms with Crippen molar-refractivity contribution in [2.45, 2.75) is 64.5 Å². The van der Waals surface area contributed by atoms with Crippen LogP contribution in [0.1, 0.15) is 64.5 Å². The van der Waals surface area contributed by atoms with E-state index in [1.165, 1.54) is 6.42 Å². The highest BCUT2D eigenvalue weighted by Crippen LogP contribution is 2.52. The second-order valence-electron chi connectivity index (χ2n) is 7.52. The maximum absolute atomic E-state index is 13.6. The molecule has 0 amide bonds. The maximum Gasteiger partial charge on any atom is 0.127 e. The second-order valence-corrected chi connectivity index (χ2v) is 7.52. The van der Waals surface area contributed by atoms with Gasteiger partial charge >= 0.3 is 0 Å². The van der Waals surface area contributed by atoms with E-state index >= 15 is 0 Å². The zero-order valence-corrected chi connectivity index (χ0v) is 13.3. The van der Waals surface area contributed by atoms with Crippen LogP contribution in [0.4, 0.5) is 4.39 Å². The lowest BCUT2D eigenvalue weighted by Gasteiger charge is -2.41. The zero-order chi connectivity index (χ0) is 15.1. The highest BCUT2D eigenvalue weighted by Gasteiger charge is 2.49. The highest BCUT2D eigenvalue weighted by molar-refractivity contribution is 5.40. The Labute approximate surface area is 127 Å². The van der Waals surface area contributed by atoms with Crippen molar-refractivity contribution in [3.05, 3.63) is 29.6 Å². The molecule has 0 radical (unpaired) electrons. The molecule has 1 fully saturated rings. The molecule has 1 aromatic carbocycles. The lowest BCUT2D eigenvalue weighted by molar-refractivity contribution is 0.0273. The second kappa shape index (κ2) is 5.28. The van der Waals surface area contributed by atoms with Crippen LogP contribution in [0.15, 0.2) is 18.2 Å². The molecule has 116 valence electrons. The standard InChI is InChI=1S/C18H26FNO/c1-4-9-20-15-11-18(8-7-17(2,3)12-18)21-16-10-13(19)5-6-14(15)16/h5-6,10,15,20H,4,7-9,11-12H2,1-3H3. The predicted molar refractivity (Wildman–Crippen MR) is 83.0 cm³/mol. The quantitative estimate of drug-likeness (QED) is 0.879. The molecule has 3 heteroatoms. The van der Waals surface area contributed by atoms with Crippen molar-refractivity contribution >= 4 is 0 Å². The number of hydrogen-bond donors (Lipinski definition) is 1. The minimum Gasteiger partial charge on any atom is -0.487 e. The smallest absolute Gasteiger partial charge is 0.127 e. The number of hydrogen-bond acceptors (Lipinski definition) is 2. The fourth-order valence-corrected chi connectivity index (χ4v) is 4.02. The molecule has 1 spiro atoms. The average molecular weight is 291 g/mol. The van der Waals surface area contributed by atoms with Crippen LogP contribution in [0, 0.1) is 11.2 Å². The lowest BCUT2D eigenvalue weighted by Crippen LogP contribution is -2.43. The molecule has 0 bridgehead atoms. The van der Waals surface area contributed by atoms with E-state index < -0.39 is 0 Å². The fourth-order valence-electron chi connectivity index (χ4n) is 4.02. The summed E-state index contributed by atoms with van der Waals surface area (Å²) in [4.78, 5) is 0. The van der Waals surface area contributed by atoms with Gasteiger partial charge in [0, 0.05) is 24.1 Å². The van der Waals surface area contributed by atoms with Crippen molar-refractivity contribution in [3.8, 4) is 5.75 Å². The third-order valence-electron chi connectivity index (χ3n) is 4.95. The van der Waals surface area contributed by atoms with Gasteiger partial charge in [-0.1, -0.05) is 26.8 Å². The molecule has 1 aliphatic carbocycles. The Morgan fingerprint density at radius 3 is 2.81 bits per heavy atom. The van der Waals surface area contributed by atoms with Crippen LogP contribution in [0.2, 0.25) is 0 Å². The van der Waals surface area contributed by atoms with Crippen molar-refractivity contribution in [2.75, 3.05) is 6.54 Å². The number of halogens is 1. The summed E-state index contributed by atoms with van der Waals surface area (Å²) in [6, 6.07) is 5.26. The molecule has 2 aliphatic rings. The van der Waals surface area contributed by atoms with Crippen LogP contribution in [-0.2, 0) is 0 Å². The van der Waals surface area contributed by atoms with Gasteiger partial charge in [0.25, 0.3) is 0 Å². The van der Waals surface area contributed by atoms with Gasteiger partial charge < -0.3 is 10.1 Å². The Bertz CT molecular complexity index is 528. The summed E-state index contributed by atoms with van der Waals surface area (Å²) < 4.78 is 19.9. The minimum atomic E-state index is -0.211. The molecule has 2 atom stereocenters. The van der Waals surface area contributed by atoms with Crippen molar-refractivity contribution in [1.82, 2.24) is 5.32 Å². The molecule has 1 saturated carbocycles. The summed E-state index contributed by atoms with van der Waals surface area (Å²) in [5.41, 5.74) is 1.32. The van der Waals surface area contributed by atoms with Gasteiger partial charge in [0.05, 0.1) is 0 Å². The van der Waals surface area contributed by atoms with E-state index in [1.54, 1.807) is 12.1 Å². The van der Waals surface area contributed by atoms with E-state index in [1.807, 2.05) is 6.07 Å². The number of benzene rings is 1. The SMILES string of the molecule is CCCNC1CC2(CCC(C)(C)C2)Oc2cc(F)ccc21. The number of ether oxygens (including phenoxy) is 1. The number of rotatable bonds is 3. The Kier molecular flexibility index (Phi) is 3.73. The van der Waals surface area contributed by atoms with Gasteiger partial charge in [0.1, 0.15) is 17.2 Å². The van der Waals surface area contributed by atoms with Crippen molar-refractivity contribution in [1.29, 1.82) is 0 Å². The van der Waals surface area contributed by atoms with Crippen molar-refractivity contribution < 1.29 is 9.13 Å².